The van der Waals surface area contributed by atoms with Gasteiger partial charge in [-0.2, -0.15) is 0 Å². The van der Waals surface area contributed by atoms with Crippen molar-refractivity contribution in [3.05, 3.63) is 12.3 Å². The first-order chi connectivity index (χ1) is 2.73. The molecule has 2 amide bonds. The van der Waals surface area contributed by atoms with Gasteiger partial charge in [0.25, 0.3) is 0 Å². The minimum atomic E-state index is -1.08. The zero-order chi connectivity index (χ0) is 5.58. The molecule has 0 rings (SSSR count). The molecule has 0 spiro atoms. The Labute approximate surface area is 102 Å². The first kappa shape index (κ1) is 23.1. The molecular weight excluding hydrogens is 177 g/mol. The maximum atomic E-state index is 8.89. The van der Waals surface area contributed by atoms with E-state index < -0.39 is 6.03 Å². The largest absolute Gasteiger partial charge is 2.00 e. The van der Waals surface area contributed by atoms with Crippen LogP contribution in [0.2, 0.25) is 0 Å². The van der Waals surface area contributed by atoms with Crippen molar-refractivity contribution < 1.29 is 74.7 Å². The second-order valence-electron chi connectivity index (χ2n) is 0.364. The van der Waals surface area contributed by atoms with E-state index in [1.54, 1.807) is 0 Å². The SMILES string of the molecule is [C-]#N.[Fe+2].[H-].[K+].[NH-]C(N)=O. The number of nitrogens with one attached hydrogen (secondary N) is 1. The van der Waals surface area contributed by atoms with Crippen LogP contribution in [0.1, 0.15) is 1.43 Å². The Morgan fingerprint density at radius 3 is 1.75 bits per heavy atom. The van der Waals surface area contributed by atoms with Crippen LogP contribution in [-0.4, -0.2) is 6.03 Å². The molecule has 0 aliphatic rings. The van der Waals surface area contributed by atoms with Gasteiger partial charge in [-0.1, -0.05) is 0 Å². The van der Waals surface area contributed by atoms with E-state index >= 15 is 0 Å². The summed E-state index contributed by atoms with van der Waals surface area (Å²) in [5, 5.41) is 6.25. The number of rotatable bonds is 0. The fourth-order valence-corrected chi connectivity index (χ4v) is 0. The number of nitrogens with two attached hydrogens (primary N) is 1. The van der Waals surface area contributed by atoms with Crippen molar-refractivity contribution in [1.29, 1.82) is 5.26 Å². The summed E-state index contributed by atoms with van der Waals surface area (Å²) >= 11 is 0. The third kappa shape index (κ3) is 289. The molecule has 0 radical (unpaired) electrons. The molecule has 0 heterocycles. The molecule has 0 atom stereocenters. The number of carbonyl (C=O) groups is 1. The minimum absolute atomic E-state index is 0. The molecule has 0 aliphatic heterocycles. The number of amides is 2. The summed E-state index contributed by atoms with van der Waals surface area (Å²) in [4.78, 5) is 8.89. The van der Waals surface area contributed by atoms with E-state index in [1.807, 2.05) is 0 Å². The van der Waals surface area contributed by atoms with Crippen molar-refractivity contribution in [3.8, 4) is 0 Å². The molecular formula is C2H4FeKN3O. The number of urea groups is 1. The van der Waals surface area contributed by atoms with Gasteiger partial charge in [-0.05, 0) is 0 Å². The van der Waals surface area contributed by atoms with Gasteiger partial charge < -0.3 is 24.7 Å². The van der Waals surface area contributed by atoms with Crippen LogP contribution in [0.15, 0.2) is 0 Å². The fourth-order valence-electron chi connectivity index (χ4n) is 0. The number of carbonyl (C=O) groups excluding carboxylic acids is 1. The maximum Gasteiger partial charge on any atom is 2.00 e. The molecule has 0 saturated heterocycles. The van der Waals surface area contributed by atoms with Crippen molar-refractivity contribution in [2.45, 2.75) is 0 Å². The predicted molar refractivity (Wildman–Crippen MR) is 20.0 cm³/mol. The topological polar surface area (TPSA) is 90.7 Å². The Morgan fingerprint density at radius 2 is 1.75 bits per heavy atom. The van der Waals surface area contributed by atoms with E-state index in [-0.39, 0.29) is 69.9 Å². The summed E-state index contributed by atoms with van der Waals surface area (Å²) in [7, 11) is 0. The Balaban J connectivity index is -0.00000000990. The van der Waals surface area contributed by atoms with Crippen molar-refractivity contribution >= 4 is 6.03 Å². The van der Waals surface area contributed by atoms with Crippen molar-refractivity contribution in [3.63, 3.8) is 0 Å². The van der Waals surface area contributed by atoms with Gasteiger partial charge in [0.2, 0.25) is 0 Å². The third-order valence-electron chi connectivity index (χ3n) is 0. The van der Waals surface area contributed by atoms with Crippen molar-refractivity contribution in [1.82, 2.24) is 0 Å². The number of nitrogens with zero attached hydrogens (tertiary/aromatic N) is 1. The van der Waals surface area contributed by atoms with Crippen LogP contribution in [0.3, 0.4) is 0 Å². The molecule has 42 valence electrons. The second-order valence-corrected chi connectivity index (χ2v) is 0.364. The molecule has 0 saturated carbocycles. The standard InChI is InChI=1S/CH4N2O.CN.Fe.K.H/c2-1(3)4;1-2;;;/h(H4,2,3,4);;;;/q;-1;+2;+1;-1/p-1. The smallest absolute Gasteiger partial charge is 1.00 e. The van der Waals surface area contributed by atoms with Crippen LogP contribution in [0.25, 0.3) is 5.73 Å². The van der Waals surface area contributed by atoms with Gasteiger partial charge >= 0.3 is 68.5 Å². The van der Waals surface area contributed by atoms with Crippen molar-refractivity contribution in [2.24, 2.45) is 5.73 Å². The van der Waals surface area contributed by atoms with E-state index in [0.717, 1.165) is 0 Å². The van der Waals surface area contributed by atoms with E-state index in [9.17, 15) is 0 Å². The first-order valence-corrected chi connectivity index (χ1v) is 0.966. The van der Waals surface area contributed by atoms with Crippen LogP contribution in [0, 0.1) is 11.8 Å². The van der Waals surface area contributed by atoms with E-state index in [2.05, 4.69) is 5.73 Å². The molecule has 4 nitrogen and oxygen atoms in total. The summed E-state index contributed by atoms with van der Waals surface area (Å²) < 4.78 is 0. The zero-order valence-electron chi connectivity index (χ0n) is 5.29. The molecule has 0 bridgehead atoms. The van der Waals surface area contributed by atoms with Gasteiger partial charge in [0, 0.05) is 0 Å². The average molecular weight is 181 g/mol. The zero-order valence-corrected chi connectivity index (χ0v) is 8.51. The normalized spacial score (nSPS) is 3.25. The molecule has 8 heavy (non-hydrogen) atoms. The van der Waals surface area contributed by atoms with Crippen LogP contribution < -0.4 is 57.1 Å². The summed E-state index contributed by atoms with van der Waals surface area (Å²) in [5.74, 6) is 0. The summed E-state index contributed by atoms with van der Waals surface area (Å²) in [6.07, 6.45) is 0. The fraction of sp³-hybridized carbons (Fsp3) is 0. The van der Waals surface area contributed by atoms with Gasteiger partial charge in [-0.3, -0.25) is 4.79 Å². The monoisotopic (exact) mass is 181 g/mol. The average Bonchev–Trinajstić information content (AvgIpc) is 1.41. The quantitative estimate of drug-likeness (QED) is 0.326. The van der Waals surface area contributed by atoms with E-state index in [0.29, 0.717) is 0 Å². The number of hydrogen-bond donors (Lipinski definition) is 1. The minimum Gasteiger partial charge on any atom is -1.00 e. The molecule has 0 fully saturated rings. The van der Waals surface area contributed by atoms with Crippen LogP contribution >= 0.6 is 0 Å². The molecule has 0 aromatic carbocycles. The van der Waals surface area contributed by atoms with Gasteiger partial charge in [-0.15, -0.1) is 0 Å². The molecule has 3 N–H and O–H groups in total. The predicted octanol–water partition coefficient (Wildman–Crippen LogP) is -2.67. The first-order valence-electron chi connectivity index (χ1n) is 0.966. The van der Waals surface area contributed by atoms with Gasteiger partial charge in [0.05, 0.1) is 0 Å². The van der Waals surface area contributed by atoms with Gasteiger partial charge in [0.15, 0.2) is 0 Å². The summed E-state index contributed by atoms with van der Waals surface area (Å²) in [6, 6.07) is -1.08. The number of hydrogen-bond acceptors (Lipinski definition) is 2. The molecule has 0 aromatic rings. The van der Waals surface area contributed by atoms with Crippen LogP contribution in [-0.2, 0) is 17.1 Å². The molecule has 6 heteroatoms. The summed E-state index contributed by atoms with van der Waals surface area (Å²) in [6.45, 7) is 4.75. The molecule has 0 unspecified atom stereocenters. The van der Waals surface area contributed by atoms with Gasteiger partial charge in [0.1, 0.15) is 6.03 Å². The Kier molecular flexibility index (Phi) is 71.4. The number of primary amides is 1. The molecule has 0 aliphatic carbocycles. The third-order valence-corrected chi connectivity index (χ3v) is 0. The second kappa shape index (κ2) is 24.7. The Morgan fingerprint density at radius 1 is 1.75 bits per heavy atom. The van der Waals surface area contributed by atoms with Crippen LogP contribution in [0.4, 0.5) is 4.79 Å². The maximum absolute atomic E-state index is 8.89. The van der Waals surface area contributed by atoms with Crippen molar-refractivity contribution in [2.75, 3.05) is 0 Å². The van der Waals surface area contributed by atoms with Crippen LogP contribution in [0.5, 0.6) is 0 Å². The molecule has 0 aromatic heterocycles. The Hall–Kier alpha value is 0.916. The Bertz CT molecular complexity index is 66.1. The van der Waals surface area contributed by atoms with Gasteiger partial charge in [-0.25, -0.2) is 0 Å². The summed E-state index contributed by atoms with van der Waals surface area (Å²) in [5.41, 5.74) is 9.86. The van der Waals surface area contributed by atoms with E-state index in [1.165, 1.54) is 0 Å². The van der Waals surface area contributed by atoms with E-state index in [4.69, 9.17) is 22.4 Å².